The molecule has 1 aromatic rings. The molecule has 4 nitrogen and oxygen atoms in total. The summed E-state index contributed by atoms with van der Waals surface area (Å²) in [7, 11) is 0. The Balaban J connectivity index is 3.06. The Kier molecular flexibility index (Phi) is 5.54. The molecule has 0 saturated carbocycles. The number of thiocarbonyl (C=S) groups is 1. The second-order valence-corrected chi connectivity index (χ2v) is 4.68. The first-order valence-corrected chi connectivity index (χ1v) is 6.51. The maximum Gasteiger partial charge on any atom is 0.417 e. The van der Waals surface area contributed by atoms with Gasteiger partial charge < -0.3 is 15.8 Å². The van der Waals surface area contributed by atoms with Crippen molar-refractivity contribution in [3.63, 3.8) is 0 Å². The van der Waals surface area contributed by atoms with Crippen LogP contribution in [0, 0.1) is 0 Å². The van der Waals surface area contributed by atoms with E-state index >= 15 is 0 Å². The molecule has 1 atom stereocenters. The van der Waals surface area contributed by atoms with Crippen molar-refractivity contribution in [2.24, 2.45) is 5.73 Å². The van der Waals surface area contributed by atoms with Crippen molar-refractivity contribution < 1.29 is 22.7 Å². The number of esters is 1. The van der Waals surface area contributed by atoms with Crippen molar-refractivity contribution in [3.05, 3.63) is 29.3 Å². The number of rotatable bonds is 5. The topological polar surface area (TPSA) is 64.3 Å². The first-order chi connectivity index (χ1) is 9.66. The lowest BCUT2D eigenvalue weighted by Crippen LogP contribution is -2.28. The van der Waals surface area contributed by atoms with E-state index in [1.165, 1.54) is 19.1 Å². The second kappa shape index (κ2) is 6.75. The summed E-state index contributed by atoms with van der Waals surface area (Å²) in [6.07, 6.45) is -4.59. The van der Waals surface area contributed by atoms with Crippen LogP contribution in [-0.2, 0) is 15.7 Å². The van der Waals surface area contributed by atoms with Crippen LogP contribution in [-0.4, -0.2) is 23.6 Å². The fourth-order valence-electron chi connectivity index (χ4n) is 1.66. The van der Waals surface area contributed by atoms with Gasteiger partial charge in [0.25, 0.3) is 0 Å². The number of hydrogen-bond acceptors (Lipinski definition) is 4. The zero-order valence-corrected chi connectivity index (χ0v) is 12.3. The van der Waals surface area contributed by atoms with E-state index in [0.29, 0.717) is 0 Å². The number of halogens is 3. The SMILES string of the molecule is CCOC(=O)C(C)Nc1ccc(C(N)=S)c(C(F)(F)F)c1. The van der Waals surface area contributed by atoms with Crippen molar-refractivity contribution in [2.75, 3.05) is 11.9 Å². The summed E-state index contributed by atoms with van der Waals surface area (Å²) in [4.78, 5) is 11.1. The first-order valence-electron chi connectivity index (χ1n) is 6.11. The number of carbonyl (C=O) groups is 1. The highest BCUT2D eigenvalue weighted by molar-refractivity contribution is 7.80. The van der Waals surface area contributed by atoms with E-state index in [-0.39, 0.29) is 22.8 Å². The molecule has 0 spiro atoms. The van der Waals surface area contributed by atoms with Crippen LogP contribution in [0.15, 0.2) is 18.2 Å². The molecule has 8 heteroatoms. The van der Waals surface area contributed by atoms with Crippen LogP contribution in [0.1, 0.15) is 25.0 Å². The number of alkyl halides is 3. The van der Waals surface area contributed by atoms with Crippen molar-refractivity contribution in [3.8, 4) is 0 Å². The Morgan fingerprint density at radius 1 is 1.48 bits per heavy atom. The van der Waals surface area contributed by atoms with Gasteiger partial charge in [-0.1, -0.05) is 12.2 Å². The number of carbonyl (C=O) groups excluding carboxylic acids is 1. The molecule has 1 aromatic carbocycles. The van der Waals surface area contributed by atoms with Gasteiger partial charge in [-0.3, -0.25) is 0 Å². The molecule has 3 N–H and O–H groups in total. The molecule has 0 bridgehead atoms. The van der Waals surface area contributed by atoms with E-state index in [1.54, 1.807) is 6.92 Å². The van der Waals surface area contributed by atoms with Gasteiger partial charge in [0.15, 0.2) is 0 Å². The predicted molar refractivity (Wildman–Crippen MR) is 77.0 cm³/mol. The highest BCUT2D eigenvalue weighted by Crippen LogP contribution is 2.34. The molecule has 0 amide bonds. The highest BCUT2D eigenvalue weighted by Gasteiger charge is 2.34. The number of ether oxygens (including phenoxy) is 1. The normalized spacial score (nSPS) is 12.6. The molecule has 0 aliphatic carbocycles. The monoisotopic (exact) mass is 320 g/mol. The van der Waals surface area contributed by atoms with Crippen LogP contribution in [0.3, 0.4) is 0 Å². The van der Waals surface area contributed by atoms with Crippen LogP contribution in [0.25, 0.3) is 0 Å². The number of anilines is 1. The minimum Gasteiger partial charge on any atom is -0.464 e. The lowest BCUT2D eigenvalue weighted by molar-refractivity contribution is -0.143. The van der Waals surface area contributed by atoms with Gasteiger partial charge in [-0.15, -0.1) is 0 Å². The predicted octanol–water partition coefficient (Wildman–Crippen LogP) is 2.70. The molecule has 1 unspecified atom stereocenters. The average Bonchev–Trinajstić information content (AvgIpc) is 2.37. The third-order valence-electron chi connectivity index (χ3n) is 2.61. The van der Waals surface area contributed by atoms with Gasteiger partial charge in [-0.2, -0.15) is 13.2 Å². The summed E-state index contributed by atoms with van der Waals surface area (Å²) < 4.78 is 43.7. The van der Waals surface area contributed by atoms with E-state index in [4.69, 9.17) is 10.5 Å². The largest absolute Gasteiger partial charge is 0.464 e. The quantitative estimate of drug-likeness (QED) is 0.645. The van der Waals surface area contributed by atoms with Gasteiger partial charge in [0, 0.05) is 11.3 Å². The zero-order chi connectivity index (χ0) is 16.2. The Morgan fingerprint density at radius 2 is 2.10 bits per heavy atom. The summed E-state index contributed by atoms with van der Waals surface area (Å²) in [6.45, 7) is 3.33. The van der Waals surface area contributed by atoms with E-state index in [0.717, 1.165) is 6.07 Å². The Labute approximate surface area is 125 Å². The van der Waals surface area contributed by atoms with Crippen LogP contribution < -0.4 is 11.1 Å². The van der Waals surface area contributed by atoms with Crippen molar-refractivity contribution in [1.82, 2.24) is 0 Å². The highest BCUT2D eigenvalue weighted by atomic mass is 32.1. The minimum atomic E-state index is -4.59. The van der Waals surface area contributed by atoms with Gasteiger partial charge in [-0.25, -0.2) is 4.79 Å². The number of nitrogens with two attached hydrogens (primary N) is 1. The molecular weight excluding hydrogens is 305 g/mol. The Morgan fingerprint density at radius 3 is 2.57 bits per heavy atom. The molecule has 0 aromatic heterocycles. The van der Waals surface area contributed by atoms with Crippen molar-refractivity contribution in [1.29, 1.82) is 0 Å². The molecule has 0 radical (unpaired) electrons. The molecule has 1 rings (SSSR count). The fraction of sp³-hybridized carbons (Fsp3) is 0.385. The van der Waals surface area contributed by atoms with Gasteiger partial charge >= 0.3 is 12.1 Å². The summed E-state index contributed by atoms with van der Waals surface area (Å²) in [5.41, 5.74) is 4.21. The molecule has 0 aliphatic rings. The van der Waals surface area contributed by atoms with Crippen LogP contribution in [0.4, 0.5) is 18.9 Å². The summed E-state index contributed by atoms with van der Waals surface area (Å²) in [5.74, 6) is -0.551. The molecule has 0 aliphatic heterocycles. The number of nitrogens with one attached hydrogen (secondary N) is 1. The Hall–Kier alpha value is -1.83. The summed E-state index contributed by atoms with van der Waals surface area (Å²) in [6, 6.07) is 2.64. The summed E-state index contributed by atoms with van der Waals surface area (Å²) in [5, 5.41) is 2.65. The van der Waals surface area contributed by atoms with Gasteiger partial charge in [0.2, 0.25) is 0 Å². The molecule has 0 saturated heterocycles. The van der Waals surface area contributed by atoms with E-state index in [1.807, 2.05) is 0 Å². The number of hydrogen-bond donors (Lipinski definition) is 2. The van der Waals surface area contributed by atoms with Crippen LogP contribution in [0.2, 0.25) is 0 Å². The Bertz CT molecular complexity index is 547. The van der Waals surface area contributed by atoms with Gasteiger partial charge in [0.05, 0.1) is 12.2 Å². The van der Waals surface area contributed by atoms with Gasteiger partial charge in [0.1, 0.15) is 11.0 Å². The third-order valence-corrected chi connectivity index (χ3v) is 2.83. The third kappa shape index (κ3) is 4.59. The van der Waals surface area contributed by atoms with Crippen molar-refractivity contribution >= 4 is 28.9 Å². The molecule has 0 heterocycles. The maximum atomic E-state index is 13.0. The molecule has 116 valence electrons. The van der Waals surface area contributed by atoms with Crippen molar-refractivity contribution in [2.45, 2.75) is 26.1 Å². The molecule has 21 heavy (non-hydrogen) atoms. The fourth-order valence-corrected chi connectivity index (χ4v) is 1.84. The lowest BCUT2D eigenvalue weighted by Gasteiger charge is -2.17. The first kappa shape index (κ1) is 17.2. The molecule has 0 fully saturated rings. The summed E-state index contributed by atoms with van der Waals surface area (Å²) >= 11 is 4.61. The molecular formula is C13H15F3N2O2S. The van der Waals surface area contributed by atoms with Crippen LogP contribution >= 0.6 is 12.2 Å². The average molecular weight is 320 g/mol. The second-order valence-electron chi connectivity index (χ2n) is 4.24. The number of benzene rings is 1. The lowest BCUT2D eigenvalue weighted by atomic mass is 10.1. The smallest absolute Gasteiger partial charge is 0.417 e. The zero-order valence-electron chi connectivity index (χ0n) is 11.5. The maximum absolute atomic E-state index is 13.0. The minimum absolute atomic E-state index is 0.128. The van der Waals surface area contributed by atoms with E-state index in [2.05, 4.69) is 17.5 Å². The van der Waals surface area contributed by atoms with Gasteiger partial charge in [-0.05, 0) is 32.0 Å². The van der Waals surface area contributed by atoms with E-state index in [9.17, 15) is 18.0 Å². The van der Waals surface area contributed by atoms with E-state index < -0.39 is 23.8 Å². The van der Waals surface area contributed by atoms with Crippen LogP contribution in [0.5, 0.6) is 0 Å². The standard InChI is InChI=1S/C13H15F3N2O2S/c1-3-20-12(19)7(2)18-8-4-5-9(11(17)21)10(6-8)13(14,15)16/h4-7,18H,3H2,1-2H3,(H2,17,21).